The van der Waals surface area contributed by atoms with E-state index in [9.17, 15) is 9.90 Å². The number of likely N-dealkylation sites (N-methyl/N-ethyl adjacent to an activating group) is 1. The summed E-state index contributed by atoms with van der Waals surface area (Å²) in [5.74, 6) is -0.281. The van der Waals surface area contributed by atoms with Crippen LogP contribution in [0.3, 0.4) is 0 Å². The van der Waals surface area contributed by atoms with E-state index < -0.39 is 0 Å². The first-order valence-corrected chi connectivity index (χ1v) is 8.95. The summed E-state index contributed by atoms with van der Waals surface area (Å²) >= 11 is 0. The van der Waals surface area contributed by atoms with Gasteiger partial charge in [-0.25, -0.2) is 0 Å². The molecule has 2 aromatic rings. The van der Waals surface area contributed by atoms with Crippen LogP contribution in [0.1, 0.15) is 22.8 Å². The van der Waals surface area contributed by atoms with Crippen LogP contribution >= 0.6 is 0 Å². The average molecular weight is 351 g/mol. The second kappa shape index (κ2) is 8.06. The molecular weight excluding hydrogens is 326 g/mol. The van der Waals surface area contributed by atoms with Gasteiger partial charge in [-0.1, -0.05) is 6.92 Å². The highest BCUT2D eigenvalue weighted by Gasteiger charge is 2.16. The van der Waals surface area contributed by atoms with E-state index in [-0.39, 0.29) is 11.5 Å². The summed E-state index contributed by atoms with van der Waals surface area (Å²) in [4.78, 5) is 17.0. The fourth-order valence-electron chi connectivity index (χ4n) is 3.10. The number of aliphatic hydroxyl groups is 1. The maximum Gasteiger partial charge on any atom is 0.189 e. The highest BCUT2D eigenvalue weighted by molar-refractivity contribution is 6.07. The van der Waals surface area contributed by atoms with Crippen molar-refractivity contribution in [1.29, 1.82) is 0 Å². The molecule has 0 radical (unpaired) electrons. The lowest BCUT2D eigenvalue weighted by Gasteiger charge is -2.35. The number of aliphatic hydroxyl groups excluding tert-OH is 1. The predicted molar refractivity (Wildman–Crippen MR) is 107 cm³/mol. The monoisotopic (exact) mass is 351 g/mol. The molecule has 5 heteroatoms. The van der Waals surface area contributed by atoms with Gasteiger partial charge in [0.2, 0.25) is 0 Å². The van der Waals surface area contributed by atoms with Crippen LogP contribution in [0.5, 0.6) is 0 Å². The third-order valence-corrected chi connectivity index (χ3v) is 4.81. The Hall–Kier alpha value is -2.79. The van der Waals surface area contributed by atoms with Crippen LogP contribution in [-0.2, 0) is 0 Å². The summed E-state index contributed by atoms with van der Waals surface area (Å²) in [6, 6.07) is 14.3. The van der Waals surface area contributed by atoms with Crippen molar-refractivity contribution < 1.29 is 9.90 Å². The number of rotatable bonds is 5. The van der Waals surface area contributed by atoms with Gasteiger partial charge in [0.15, 0.2) is 5.78 Å². The van der Waals surface area contributed by atoms with Gasteiger partial charge in [-0.15, -0.1) is 0 Å². The maximum atomic E-state index is 12.2. The topological polar surface area (TPSA) is 69.8 Å². The fourth-order valence-corrected chi connectivity index (χ4v) is 3.10. The molecule has 0 saturated carbocycles. The fraction of sp³-hybridized carbons (Fsp3) is 0.286. The number of nitrogen functional groups attached to an aromatic ring is 1. The number of carbonyl (C=O) groups is 1. The van der Waals surface area contributed by atoms with Gasteiger partial charge >= 0.3 is 0 Å². The molecule has 0 atom stereocenters. The number of carbonyl (C=O) groups excluding carboxylic acids is 1. The number of allylic oxidation sites excluding steroid dienone is 1. The van der Waals surface area contributed by atoms with Gasteiger partial charge < -0.3 is 20.6 Å². The molecule has 5 nitrogen and oxygen atoms in total. The molecule has 26 heavy (non-hydrogen) atoms. The van der Waals surface area contributed by atoms with E-state index in [0.29, 0.717) is 16.8 Å². The SMILES string of the molecule is CCN1CCN(c2ccc(C(O)=CC(=O)c3ccc(N)cc3)cc2)CC1. The molecule has 0 amide bonds. The van der Waals surface area contributed by atoms with Gasteiger partial charge in [-0.05, 0) is 55.1 Å². The van der Waals surface area contributed by atoms with Crippen LogP contribution in [0.15, 0.2) is 54.6 Å². The van der Waals surface area contributed by atoms with E-state index in [1.165, 1.54) is 6.08 Å². The Labute approximate surface area is 154 Å². The Bertz CT molecular complexity index is 774. The summed E-state index contributed by atoms with van der Waals surface area (Å²) in [5.41, 5.74) is 8.50. The number of nitrogens with two attached hydrogens (primary N) is 1. The Kier molecular flexibility index (Phi) is 5.58. The number of anilines is 2. The quantitative estimate of drug-likeness (QED) is 0.375. The maximum absolute atomic E-state index is 12.2. The van der Waals surface area contributed by atoms with Gasteiger partial charge in [0, 0.05) is 54.8 Å². The van der Waals surface area contributed by atoms with Gasteiger partial charge in [-0.3, -0.25) is 4.79 Å². The van der Waals surface area contributed by atoms with Gasteiger partial charge in [0.1, 0.15) is 5.76 Å². The molecule has 3 rings (SSSR count). The zero-order chi connectivity index (χ0) is 18.5. The van der Waals surface area contributed by atoms with Gasteiger partial charge in [-0.2, -0.15) is 0 Å². The van der Waals surface area contributed by atoms with Crippen LogP contribution in [0.25, 0.3) is 5.76 Å². The Morgan fingerprint density at radius 2 is 1.58 bits per heavy atom. The van der Waals surface area contributed by atoms with E-state index in [2.05, 4.69) is 16.7 Å². The molecule has 1 aliphatic heterocycles. The Morgan fingerprint density at radius 3 is 2.15 bits per heavy atom. The third kappa shape index (κ3) is 4.24. The number of nitrogens with zero attached hydrogens (tertiary/aromatic N) is 2. The number of benzene rings is 2. The van der Waals surface area contributed by atoms with E-state index in [4.69, 9.17) is 5.73 Å². The van der Waals surface area contributed by atoms with Crippen LogP contribution in [0, 0.1) is 0 Å². The minimum atomic E-state index is -0.248. The van der Waals surface area contributed by atoms with Crippen LogP contribution in [0.2, 0.25) is 0 Å². The first-order chi connectivity index (χ1) is 12.6. The van der Waals surface area contributed by atoms with E-state index in [0.717, 1.165) is 38.4 Å². The molecule has 0 spiro atoms. The standard InChI is InChI=1S/C21H25N3O2/c1-2-23-11-13-24(14-12-23)19-9-5-17(6-10-19)21(26)15-20(25)16-3-7-18(22)8-4-16/h3-10,15,26H,2,11-14,22H2,1H3. The lowest BCUT2D eigenvalue weighted by atomic mass is 10.1. The molecule has 1 fully saturated rings. The molecule has 0 unspecified atom stereocenters. The first-order valence-electron chi connectivity index (χ1n) is 8.95. The van der Waals surface area contributed by atoms with Crippen molar-refractivity contribution in [3.8, 4) is 0 Å². The van der Waals surface area contributed by atoms with Gasteiger partial charge in [0.25, 0.3) is 0 Å². The second-order valence-corrected chi connectivity index (χ2v) is 6.48. The molecule has 0 bridgehead atoms. The summed E-state index contributed by atoms with van der Waals surface area (Å²) in [7, 11) is 0. The zero-order valence-corrected chi connectivity index (χ0v) is 15.1. The van der Waals surface area contributed by atoms with Crippen LogP contribution in [-0.4, -0.2) is 48.5 Å². The second-order valence-electron chi connectivity index (χ2n) is 6.48. The molecule has 0 aliphatic carbocycles. The minimum absolute atomic E-state index is 0.0332. The minimum Gasteiger partial charge on any atom is -0.507 e. The predicted octanol–water partition coefficient (Wildman–Crippen LogP) is 3.19. The van der Waals surface area contributed by atoms with Crippen molar-refractivity contribution in [3.05, 3.63) is 65.7 Å². The lowest BCUT2D eigenvalue weighted by molar-refractivity contribution is 0.104. The summed E-state index contributed by atoms with van der Waals surface area (Å²) in [5, 5.41) is 10.3. The highest BCUT2D eigenvalue weighted by Crippen LogP contribution is 2.21. The zero-order valence-electron chi connectivity index (χ0n) is 15.1. The third-order valence-electron chi connectivity index (χ3n) is 4.81. The lowest BCUT2D eigenvalue weighted by Crippen LogP contribution is -2.46. The Morgan fingerprint density at radius 1 is 1.00 bits per heavy atom. The molecule has 136 valence electrons. The molecule has 1 aliphatic rings. The number of ketones is 1. The van der Waals surface area contributed by atoms with Gasteiger partial charge in [0.05, 0.1) is 0 Å². The normalized spacial score (nSPS) is 15.9. The molecule has 1 saturated heterocycles. The number of hydrogen-bond acceptors (Lipinski definition) is 5. The largest absolute Gasteiger partial charge is 0.507 e. The molecule has 1 heterocycles. The van der Waals surface area contributed by atoms with Crippen molar-refractivity contribution in [3.63, 3.8) is 0 Å². The van der Waals surface area contributed by atoms with Crippen molar-refractivity contribution in [1.82, 2.24) is 4.90 Å². The Balaban J connectivity index is 1.67. The molecular formula is C21H25N3O2. The van der Waals surface area contributed by atoms with Crippen LogP contribution in [0.4, 0.5) is 11.4 Å². The summed E-state index contributed by atoms with van der Waals surface area (Å²) in [6.45, 7) is 7.42. The van der Waals surface area contributed by atoms with E-state index >= 15 is 0 Å². The summed E-state index contributed by atoms with van der Waals surface area (Å²) in [6.07, 6.45) is 1.25. The smallest absolute Gasteiger partial charge is 0.189 e. The average Bonchev–Trinajstić information content (AvgIpc) is 2.68. The van der Waals surface area contributed by atoms with Crippen molar-refractivity contribution >= 4 is 22.9 Å². The highest BCUT2D eigenvalue weighted by atomic mass is 16.3. The van der Waals surface area contributed by atoms with Crippen molar-refractivity contribution in [2.45, 2.75) is 6.92 Å². The summed E-state index contributed by atoms with van der Waals surface area (Å²) < 4.78 is 0. The molecule has 2 aromatic carbocycles. The number of piperazine rings is 1. The molecule has 3 N–H and O–H groups in total. The van der Waals surface area contributed by atoms with E-state index in [1.807, 2.05) is 24.3 Å². The van der Waals surface area contributed by atoms with Crippen LogP contribution < -0.4 is 10.6 Å². The molecule has 0 aromatic heterocycles. The first kappa shape index (κ1) is 18.0. The number of hydrogen-bond donors (Lipinski definition) is 2. The van der Waals surface area contributed by atoms with Crippen molar-refractivity contribution in [2.75, 3.05) is 43.4 Å². The van der Waals surface area contributed by atoms with E-state index in [1.54, 1.807) is 24.3 Å². The van der Waals surface area contributed by atoms with Crippen molar-refractivity contribution in [2.24, 2.45) is 0 Å².